The first-order valence-corrected chi connectivity index (χ1v) is 10.5. The molecule has 0 N–H and O–H groups in total. The summed E-state index contributed by atoms with van der Waals surface area (Å²) < 4.78 is 1.23. The number of hydrogen-bond acceptors (Lipinski definition) is 2. The van der Waals surface area contributed by atoms with Gasteiger partial charge in [0.25, 0.3) is 0 Å². The van der Waals surface area contributed by atoms with Gasteiger partial charge in [-0.3, -0.25) is 0 Å². The van der Waals surface area contributed by atoms with Gasteiger partial charge in [-0.2, -0.15) is 4.73 Å². The molecule has 0 radical (unpaired) electrons. The van der Waals surface area contributed by atoms with Crippen LogP contribution in [0.1, 0.15) is 74.9 Å². The summed E-state index contributed by atoms with van der Waals surface area (Å²) in [5, 5.41) is 13.4. The van der Waals surface area contributed by atoms with E-state index in [1.807, 2.05) is 6.07 Å². The molecule has 6 aliphatic carbocycles. The van der Waals surface area contributed by atoms with Crippen LogP contribution in [0.15, 0.2) is 24.3 Å². The standard InChI is InChI=1S/C24H28N2O/c1-23(2)15-9-13-5-7-19(25-21(13)17(23)11-15)20-8-6-14-10-16-12-18(24(16,3)4)22(14)26(20)27/h5-8,15-18H,9-12H2,1-4H3/t15-,16-,17-,18-/m1/s1. The normalized spacial score (nSPS) is 33.3. The average Bonchev–Trinajstić information content (AvgIpc) is 2.66. The molecule has 140 valence electrons. The fourth-order valence-electron chi connectivity index (χ4n) is 6.62. The Bertz CT molecular complexity index is 990. The molecule has 0 aliphatic heterocycles. The molecule has 2 aromatic heterocycles. The van der Waals surface area contributed by atoms with E-state index in [0.717, 1.165) is 41.8 Å². The van der Waals surface area contributed by atoms with Gasteiger partial charge in [0.2, 0.25) is 5.69 Å². The molecule has 0 amide bonds. The molecule has 8 rings (SSSR count). The molecule has 4 bridgehead atoms. The van der Waals surface area contributed by atoms with Crippen molar-refractivity contribution in [3.63, 3.8) is 0 Å². The lowest BCUT2D eigenvalue weighted by molar-refractivity contribution is -0.608. The summed E-state index contributed by atoms with van der Waals surface area (Å²) in [5.74, 6) is 2.48. The van der Waals surface area contributed by atoms with E-state index in [0.29, 0.717) is 17.3 Å². The summed E-state index contributed by atoms with van der Waals surface area (Å²) in [6.45, 7) is 9.41. The van der Waals surface area contributed by atoms with Gasteiger partial charge in [0.05, 0.1) is 5.92 Å². The molecule has 2 saturated carbocycles. The number of rotatable bonds is 1. The van der Waals surface area contributed by atoms with E-state index in [9.17, 15) is 5.21 Å². The van der Waals surface area contributed by atoms with Crippen LogP contribution in [0.4, 0.5) is 0 Å². The predicted octanol–water partition coefficient (Wildman–Crippen LogP) is 4.75. The molecule has 27 heavy (non-hydrogen) atoms. The molecule has 0 saturated heterocycles. The maximum Gasteiger partial charge on any atom is 0.242 e. The van der Waals surface area contributed by atoms with E-state index in [4.69, 9.17) is 4.98 Å². The van der Waals surface area contributed by atoms with E-state index in [-0.39, 0.29) is 5.41 Å². The largest absolute Gasteiger partial charge is 0.618 e. The molecule has 6 aliphatic rings. The summed E-state index contributed by atoms with van der Waals surface area (Å²) in [4.78, 5) is 5.06. The lowest BCUT2D eigenvalue weighted by Crippen LogP contribution is -2.54. The lowest BCUT2D eigenvalue weighted by Gasteiger charge is -2.56. The number of aromatic nitrogens is 2. The molecule has 3 nitrogen and oxygen atoms in total. The molecule has 0 aromatic carbocycles. The molecule has 0 spiro atoms. The summed E-state index contributed by atoms with van der Waals surface area (Å²) in [7, 11) is 0. The summed E-state index contributed by atoms with van der Waals surface area (Å²) in [6.07, 6.45) is 4.62. The molecular formula is C24H28N2O. The first-order chi connectivity index (χ1) is 12.8. The predicted molar refractivity (Wildman–Crippen MR) is 105 cm³/mol. The van der Waals surface area contributed by atoms with Crippen LogP contribution in [0.5, 0.6) is 0 Å². The van der Waals surface area contributed by atoms with Gasteiger partial charge in [-0.15, -0.1) is 0 Å². The topological polar surface area (TPSA) is 39.8 Å². The number of nitrogens with zero attached hydrogens (tertiary/aromatic N) is 2. The van der Waals surface area contributed by atoms with Crippen LogP contribution < -0.4 is 4.73 Å². The van der Waals surface area contributed by atoms with Crippen LogP contribution in [0.3, 0.4) is 0 Å². The highest BCUT2D eigenvalue weighted by Crippen LogP contribution is 2.62. The van der Waals surface area contributed by atoms with E-state index < -0.39 is 0 Å². The van der Waals surface area contributed by atoms with Crippen molar-refractivity contribution in [2.45, 2.75) is 65.2 Å². The average molecular weight is 361 g/mol. The second-order valence-electron chi connectivity index (χ2n) is 10.7. The van der Waals surface area contributed by atoms with Crippen molar-refractivity contribution in [1.29, 1.82) is 0 Å². The minimum absolute atomic E-state index is 0.256. The van der Waals surface area contributed by atoms with Gasteiger partial charge in [-0.25, -0.2) is 4.98 Å². The van der Waals surface area contributed by atoms with Crippen molar-refractivity contribution in [2.75, 3.05) is 0 Å². The smallest absolute Gasteiger partial charge is 0.242 e. The summed E-state index contributed by atoms with van der Waals surface area (Å²) in [6, 6.07) is 8.51. The molecule has 2 aromatic rings. The van der Waals surface area contributed by atoms with Gasteiger partial charge in [0.1, 0.15) is 5.69 Å². The van der Waals surface area contributed by atoms with Crippen molar-refractivity contribution >= 4 is 0 Å². The second-order valence-corrected chi connectivity index (χ2v) is 10.7. The Labute approximate surface area is 161 Å². The first-order valence-electron chi connectivity index (χ1n) is 10.5. The lowest BCUT2D eigenvalue weighted by atomic mass is 9.48. The Hall–Kier alpha value is -1.90. The molecular weight excluding hydrogens is 332 g/mol. The van der Waals surface area contributed by atoms with Crippen LogP contribution in [0.2, 0.25) is 0 Å². The third-order valence-corrected chi connectivity index (χ3v) is 9.02. The molecule has 0 unspecified atom stereocenters. The van der Waals surface area contributed by atoms with Crippen LogP contribution in [0, 0.1) is 27.9 Å². The SMILES string of the molecule is CC1(C)[C@@H]2Cc3ccc(-c4ccc5c([n+]4[O-])[C@H]4C[C@@H](C5)C4(C)C)nc3[C@H]1C2. The van der Waals surface area contributed by atoms with Crippen LogP contribution in [-0.2, 0) is 12.8 Å². The first kappa shape index (κ1) is 16.1. The van der Waals surface area contributed by atoms with Crippen molar-refractivity contribution < 1.29 is 4.73 Å². The minimum atomic E-state index is 0.256. The van der Waals surface area contributed by atoms with E-state index >= 15 is 0 Å². The van der Waals surface area contributed by atoms with Crippen LogP contribution >= 0.6 is 0 Å². The fraction of sp³-hybridized carbons (Fsp3) is 0.583. The van der Waals surface area contributed by atoms with E-state index in [2.05, 4.69) is 45.9 Å². The van der Waals surface area contributed by atoms with Gasteiger partial charge in [0.15, 0.2) is 5.69 Å². The van der Waals surface area contributed by atoms with E-state index in [1.54, 1.807) is 0 Å². The highest BCUT2D eigenvalue weighted by atomic mass is 16.5. The van der Waals surface area contributed by atoms with Gasteiger partial charge in [-0.1, -0.05) is 33.8 Å². The zero-order valence-corrected chi connectivity index (χ0v) is 16.7. The third-order valence-electron chi connectivity index (χ3n) is 9.02. The van der Waals surface area contributed by atoms with Crippen molar-refractivity contribution in [3.05, 3.63) is 52.0 Å². The Morgan fingerprint density at radius 1 is 0.889 bits per heavy atom. The number of hydrogen-bond donors (Lipinski definition) is 0. The number of pyridine rings is 2. The van der Waals surface area contributed by atoms with Crippen molar-refractivity contribution in [2.24, 2.45) is 22.7 Å². The van der Waals surface area contributed by atoms with E-state index in [1.165, 1.54) is 34.4 Å². The monoisotopic (exact) mass is 360 g/mol. The Balaban J connectivity index is 1.47. The second kappa shape index (κ2) is 4.74. The van der Waals surface area contributed by atoms with Gasteiger partial charge >= 0.3 is 0 Å². The molecule has 3 heteroatoms. The van der Waals surface area contributed by atoms with Gasteiger partial charge in [-0.05, 0) is 66.0 Å². The maximum absolute atomic E-state index is 13.4. The van der Waals surface area contributed by atoms with Gasteiger partial charge in [0, 0.05) is 23.2 Å². The maximum atomic E-state index is 13.4. The molecule has 2 heterocycles. The zero-order valence-electron chi connectivity index (χ0n) is 16.7. The summed E-state index contributed by atoms with van der Waals surface area (Å²) in [5.41, 5.74) is 7.13. The third kappa shape index (κ3) is 1.83. The Kier molecular flexibility index (Phi) is 2.82. The summed E-state index contributed by atoms with van der Waals surface area (Å²) >= 11 is 0. The molecule has 2 fully saturated rings. The molecule has 4 atom stereocenters. The van der Waals surface area contributed by atoms with Crippen LogP contribution in [0.25, 0.3) is 11.4 Å². The Morgan fingerprint density at radius 3 is 2.22 bits per heavy atom. The highest BCUT2D eigenvalue weighted by Gasteiger charge is 2.57. The van der Waals surface area contributed by atoms with Crippen LogP contribution in [-0.4, -0.2) is 4.98 Å². The van der Waals surface area contributed by atoms with Gasteiger partial charge < -0.3 is 5.21 Å². The van der Waals surface area contributed by atoms with Crippen molar-refractivity contribution in [3.8, 4) is 11.4 Å². The fourth-order valence-corrected chi connectivity index (χ4v) is 6.62. The minimum Gasteiger partial charge on any atom is -0.618 e. The zero-order chi connectivity index (χ0) is 18.7. The Morgan fingerprint density at radius 2 is 1.52 bits per heavy atom. The highest BCUT2D eigenvalue weighted by molar-refractivity contribution is 5.54. The van der Waals surface area contributed by atoms with Crippen molar-refractivity contribution in [1.82, 2.24) is 4.98 Å². The quantitative estimate of drug-likeness (QED) is 0.544.